The fourth-order valence-electron chi connectivity index (χ4n) is 2.75. The van der Waals surface area contributed by atoms with Gasteiger partial charge in [0.25, 0.3) is 0 Å². The summed E-state index contributed by atoms with van der Waals surface area (Å²) < 4.78 is 3.09. The van der Waals surface area contributed by atoms with Crippen molar-refractivity contribution in [1.29, 1.82) is 0 Å². The molecule has 1 aliphatic carbocycles. The molecule has 0 aromatic heterocycles. The summed E-state index contributed by atoms with van der Waals surface area (Å²) >= 11 is -0.118. The topological polar surface area (TPSA) is 28.2 Å². The van der Waals surface area contributed by atoms with Gasteiger partial charge in [0.1, 0.15) is 0 Å². The van der Waals surface area contributed by atoms with Gasteiger partial charge in [-0.3, -0.25) is 6.08 Å². The number of nitrogens with zero attached hydrogens (tertiary/aromatic N) is 2. The molecule has 0 saturated carbocycles. The van der Waals surface area contributed by atoms with E-state index < -0.39 is 0 Å². The van der Waals surface area contributed by atoms with Crippen LogP contribution in [0.5, 0.6) is 0 Å². The summed E-state index contributed by atoms with van der Waals surface area (Å²) in [6.45, 7) is 19.7. The molecule has 2 nitrogen and oxygen atoms in total. The molecule has 175 valence electrons. The van der Waals surface area contributed by atoms with Crippen molar-refractivity contribution in [2.24, 2.45) is 5.41 Å². The van der Waals surface area contributed by atoms with Crippen LogP contribution in [0.1, 0.15) is 62.3 Å². The van der Waals surface area contributed by atoms with Crippen molar-refractivity contribution in [3.8, 4) is 0 Å². The molecule has 1 aromatic rings. The van der Waals surface area contributed by atoms with E-state index in [1.807, 2.05) is 0 Å². The van der Waals surface area contributed by atoms with E-state index in [-0.39, 0.29) is 46.6 Å². The van der Waals surface area contributed by atoms with Crippen LogP contribution in [0.25, 0.3) is 10.6 Å². The van der Waals surface area contributed by atoms with Gasteiger partial charge in [0.15, 0.2) is 0 Å². The molecular weight excluding hydrogens is 528 g/mol. The van der Waals surface area contributed by atoms with Crippen LogP contribution in [0.2, 0.25) is 0 Å². The average Bonchev–Trinajstić information content (AvgIpc) is 2.90. The normalized spacial score (nSPS) is 14.8. The quantitative estimate of drug-likeness (QED) is 0.272. The minimum atomic E-state index is -0.118. The largest absolute Gasteiger partial charge is 4.00 e. The monoisotopic (exact) mass is 573 g/mol. The molecule has 0 saturated heterocycles. The summed E-state index contributed by atoms with van der Waals surface area (Å²) in [5.74, 6) is 0. The first-order chi connectivity index (χ1) is 14.4. The molecule has 0 bridgehead atoms. The van der Waals surface area contributed by atoms with Crippen molar-refractivity contribution in [1.82, 2.24) is 0 Å². The maximum absolute atomic E-state index is 3.50. The second kappa shape index (κ2) is 19.9. The van der Waals surface area contributed by atoms with E-state index in [4.69, 9.17) is 0 Å². The average molecular weight is 574 g/mol. The predicted octanol–water partition coefficient (Wildman–Crippen LogP) is 7.12. The summed E-state index contributed by atoms with van der Waals surface area (Å²) in [6.07, 6.45) is 5.63. The van der Waals surface area contributed by atoms with Crippen molar-refractivity contribution in [3.63, 3.8) is 0 Å². The van der Waals surface area contributed by atoms with E-state index in [2.05, 4.69) is 116 Å². The van der Waals surface area contributed by atoms with Crippen LogP contribution in [0.15, 0.2) is 58.2 Å². The van der Waals surface area contributed by atoms with Crippen LogP contribution < -0.4 is 4.40 Å². The number of hydrogen-bond donors (Lipinski definition) is 0. The zero-order valence-electron chi connectivity index (χ0n) is 22.9. The Morgan fingerprint density at radius 2 is 1.34 bits per heavy atom. The molecule has 32 heavy (non-hydrogen) atoms. The van der Waals surface area contributed by atoms with Gasteiger partial charge in [-0.15, -0.1) is 6.92 Å². The van der Waals surface area contributed by atoms with E-state index in [1.54, 1.807) is 32.5 Å². The molecule has 0 fully saturated rings. The third-order valence-corrected chi connectivity index (χ3v) is 8.13. The molecular formula is C28H45GeN2Zr. The van der Waals surface area contributed by atoms with Crippen molar-refractivity contribution in [3.05, 3.63) is 81.3 Å². The second-order valence-electron chi connectivity index (χ2n) is 8.23. The van der Waals surface area contributed by atoms with Crippen LogP contribution in [0.4, 0.5) is 0 Å². The summed E-state index contributed by atoms with van der Waals surface area (Å²) in [6, 6.07) is 10.8. The van der Waals surface area contributed by atoms with E-state index in [0.717, 1.165) is 0 Å². The molecule has 2 rings (SSSR count). The smallest absolute Gasteiger partial charge is 0.668 e. The molecule has 0 atom stereocenters. The van der Waals surface area contributed by atoms with Gasteiger partial charge < -0.3 is 10.6 Å². The SMILES string of the molecule is CC1=[C-]C(C)(C)C(C)=C1C.C[CH-]C(C)=C(C)[C](C)=[Ge][c]1ccccc1.C[N-]C.C[N-]C.[Zr+4]. The summed E-state index contributed by atoms with van der Waals surface area (Å²) in [7, 11) is 7.00. The summed E-state index contributed by atoms with van der Waals surface area (Å²) in [5, 5.41) is 7.00. The summed E-state index contributed by atoms with van der Waals surface area (Å²) in [4.78, 5) is 0. The molecule has 1 aromatic carbocycles. The van der Waals surface area contributed by atoms with Crippen molar-refractivity contribution in [2.75, 3.05) is 28.2 Å². The molecule has 0 N–H and O–H groups in total. The van der Waals surface area contributed by atoms with Gasteiger partial charge in [-0.25, -0.2) is 5.57 Å². The molecule has 4 heteroatoms. The minimum Gasteiger partial charge on any atom is -0.668 e. The van der Waals surface area contributed by atoms with E-state index in [9.17, 15) is 0 Å². The fraction of sp³-hybridized carbons (Fsp3) is 0.500. The number of benzene rings is 1. The Hall–Kier alpha value is -0.474. The van der Waals surface area contributed by atoms with E-state index >= 15 is 0 Å². The van der Waals surface area contributed by atoms with E-state index in [0.29, 0.717) is 0 Å². The number of rotatable bonds is 3. The maximum Gasteiger partial charge on any atom is 4.00 e. The Morgan fingerprint density at radius 1 is 0.906 bits per heavy atom. The first-order valence-electron chi connectivity index (χ1n) is 10.8. The van der Waals surface area contributed by atoms with Gasteiger partial charge in [-0.05, 0) is 0 Å². The molecule has 0 unspecified atom stereocenters. The van der Waals surface area contributed by atoms with Crippen molar-refractivity contribution >= 4 is 23.7 Å². The van der Waals surface area contributed by atoms with Crippen LogP contribution in [-0.4, -0.2) is 47.5 Å². The van der Waals surface area contributed by atoms with Crippen LogP contribution >= 0.6 is 0 Å². The van der Waals surface area contributed by atoms with Gasteiger partial charge in [-0.1, -0.05) is 33.1 Å². The van der Waals surface area contributed by atoms with Gasteiger partial charge in [0.05, 0.1) is 0 Å². The van der Waals surface area contributed by atoms with E-state index in [1.165, 1.54) is 32.3 Å². The third kappa shape index (κ3) is 14.6. The standard InChI is InChI=1S/C14H18Ge.C10H15.2C2H6N.Zr/c1-5-11(2)12(3)13(4)15-14-9-7-6-8-10-14;1-7-6-10(4,5)9(3)8(7)2;2*1-3-2;/h5-10H,1-4H3;1-5H3;2*1-2H3;/q4*-1;+4. The molecule has 0 heterocycles. The van der Waals surface area contributed by atoms with Crippen LogP contribution in [0.3, 0.4) is 0 Å². The van der Waals surface area contributed by atoms with Crippen molar-refractivity contribution in [2.45, 2.75) is 62.3 Å². The number of hydrogen-bond acceptors (Lipinski definition) is 0. The fourth-order valence-corrected chi connectivity index (χ4v) is 5.22. The molecule has 0 amide bonds. The summed E-state index contributed by atoms with van der Waals surface area (Å²) in [5.41, 5.74) is 7.28. The molecule has 1 radical (unpaired) electrons. The Labute approximate surface area is 226 Å². The van der Waals surface area contributed by atoms with Gasteiger partial charge >= 0.3 is 126 Å². The molecule has 0 spiro atoms. The zero-order chi connectivity index (χ0) is 24.6. The van der Waals surface area contributed by atoms with Gasteiger partial charge in [0.2, 0.25) is 0 Å². The second-order valence-corrected chi connectivity index (χ2v) is 11.5. The number of allylic oxidation sites excluding steroid dienone is 6. The van der Waals surface area contributed by atoms with Crippen LogP contribution in [-0.2, 0) is 26.2 Å². The zero-order valence-corrected chi connectivity index (χ0v) is 27.4. The van der Waals surface area contributed by atoms with Crippen LogP contribution in [0, 0.1) is 17.9 Å². The molecule has 1 aliphatic rings. The Kier molecular flexibility index (Phi) is 22.5. The Bertz CT molecular complexity index is 755. The minimum absolute atomic E-state index is 0. The van der Waals surface area contributed by atoms with Crippen molar-refractivity contribution < 1.29 is 26.2 Å². The molecule has 0 aliphatic heterocycles. The van der Waals surface area contributed by atoms with Gasteiger partial charge in [0, 0.05) is 0 Å². The third-order valence-electron chi connectivity index (χ3n) is 5.26. The van der Waals surface area contributed by atoms with Gasteiger partial charge in [-0.2, -0.15) is 39.3 Å². The predicted molar refractivity (Wildman–Crippen MR) is 146 cm³/mol. The first kappa shape index (κ1) is 36.1. The Balaban J connectivity index is -0.000000428. The first-order valence-corrected chi connectivity index (χ1v) is 12.9. The maximum atomic E-state index is 3.50. The Morgan fingerprint density at radius 3 is 1.62 bits per heavy atom.